The Hall–Kier alpha value is -2.42. The molecule has 3 rings (SSSR count). The molecule has 34 heavy (non-hydrogen) atoms. The maximum absolute atomic E-state index is 12.3. The quantitative estimate of drug-likeness (QED) is 0.347. The van der Waals surface area contributed by atoms with Gasteiger partial charge in [-0.3, -0.25) is 9.69 Å². The van der Waals surface area contributed by atoms with E-state index < -0.39 is 5.60 Å². The van der Waals surface area contributed by atoms with Gasteiger partial charge in [-0.05, 0) is 45.4 Å². The lowest BCUT2D eigenvalue weighted by molar-refractivity contribution is -0.156. The summed E-state index contributed by atoms with van der Waals surface area (Å²) in [6.07, 6.45) is 2.56. The van der Waals surface area contributed by atoms with Crippen LogP contribution in [0.5, 0.6) is 5.75 Å². The van der Waals surface area contributed by atoms with Crippen molar-refractivity contribution in [3.63, 3.8) is 0 Å². The molecule has 1 aliphatic heterocycles. The molecule has 0 spiro atoms. The number of carbonyl (C=O) groups is 1. The lowest BCUT2D eigenvalue weighted by Gasteiger charge is -2.26. The van der Waals surface area contributed by atoms with Crippen LogP contribution in [-0.2, 0) is 27.2 Å². The van der Waals surface area contributed by atoms with Crippen LogP contribution >= 0.6 is 11.3 Å². The predicted molar refractivity (Wildman–Crippen MR) is 137 cm³/mol. The number of rotatable bonds is 11. The van der Waals surface area contributed by atoms with Crippen molar-refractivity contribution >= 4 is 22.4 Å². The topological polar surface area (TPSA) is 64.1 Å². The van der Waals surface area contributed by atoms with Gasteiger partial charge < -0.3 is 19.1 Å². The molecule has 1 aromatic carbocycles. The maximum Gasteiger partial charge on any atom is 0.320 e. The number of hydrogen-bond acceptors (Lipinski definition) is 8. The number of aryl methyl sites for hydroxylation is 1. The first kappa shape index (κ1) is 26.2. The van der Waals surface area contributed by atoms with E-state index in [1.54, 1.807) is 17.4 Å². The molecule has 8 heteroatoms. The van der Waals surface area contributed by atoms with E-state index in [9.17, 15) is 4.79 Å². The second-order valence-electron chi connectivity index (χ2n) is 9.39. The summed E-state index contributed by atoms with van der Waals surface area (Å²) in [5.74, 6) is 0.575. The first-order valence-corrected chi connectivity index (χ1v) is 12.6. The largest absolute Gasteiger partial charge is 0.493 e. The van der Waals surface area contributed by atoms with Gasteiger partial charge in [0.1, 0.15) is 11.4 Å². The van der Waals surface area contributed by atoms with Crippen LogP contribution in [0.15, 0.2) is 36.9 Å². The molecule has 0 radical (unpaired) electrons. The second kappa shape index (κ2) is 12.3. The van der Waals surface area contributed by atoms with Gasteiger partial charge in [-0.1, -0.05) is 18.2 Å². The number of esters is 1. The Kier molecular flexibility index (Phi) is 9.50. The Morgan fingerprint density at radius 1 is 1.32 bits per heavy atom. The van der Waals surface area contributed by atoms with E-state index in [4.69, 9.17) is 19.2 Å². The Morgan fingerprint density at radius 3 is 2.79 bits per heavy atom. The van der Waals surface area contributed by atoms with Crippen LogP contribution in [0.4, 0.5) is 5.13 Å². The summed E-state index contributed by atoms with van der Waals surface area (Å²) in [6, 6.07) is 8.01. The number of thiazole rings is 1. The highest BCUT2D eigenvalue weighted by molar-refractivity contribution is 7.15. The van der Waals surface area contributed by atoms with E-state index >= 15 is 0 Å². The van der Waals surface area contributed by atoms with Crippen LogP contribution in [0.2, 0.25) is 0 Å². The standard InChI is InChI=1S/C26H37N3O4S/c1-6-11-28(19-24(30)33-26(3,4)5)18-21-8-7-9-22(17-21)32-14-10-23-20(2)34-25(27-23)29-12-15-31-16-13-29/h6-9,17H,1,10-16,18-19H2,2-5H3. The summed E-state index contributed by atoms with van der Waals surface area (Å²) in [5, 5.41) is 1.07. The smallest absolute Gasteiger partial charge is 0.320 e. The highest BCUT2D eigenvalue weighted by Gasteiger charge is 2.19. The number of nitrogens with zero attached hydrogens (tertiary/aromatic N) is 3. The molecule has 2 aromatic rings. The average Bonchev–Trinajstić information content (AvgIpc) is 3.14. The fraction of sp³-hybridized carbons (Fsp3) is 0.538. The lowest BCUT2D eigenvalue weighted by atomic mass is 10.2. The number of hydrogen-bond donors (Lipinski definition) is 0. The van der Waals surface area contributed by atoms with Crippen LogP contribution < -0.4 is 9.64 Å². The Labute approximate surface area is 207 Å². The van der Waals surface area contributed by atoms with Gasteiger partial charge in [-0.2, -0.15) is 0 Å². The molecule has 1 fully saturated rings. The van der Waals surface area contributed by atoms with Gasteiger partial charge in [-0.15, -0.1) is 17.9 Å². The van der Waals surface area contributed by atoms with E-state index in [0.29, 0.717) is 19.7 Å². The number of anilines is 1. The van der Waals surface area contributed by atoms with E-state index in [1.165, 1.54) is 4.88 Å². The summed E-state index contributed by atoms with van der Waals surface area (Å²) in [4.78, 5) is 22.7. The van der Waals surface area contributed by atoms with Gasteiger partial charge in [0.25, 0.3) is 0 Å². The molecular weight excluding hydrogens is 450 g/mol. The van der Waals surface area contributed by atoms with E-state index in [-0.39, 0.29) is 12.5 Å². The first-order chi connectivity index (χ1) is 16.2. The third kappa shape index (κ3) is 8.42. The highest BCUT2D eigenvalue weighted by Crippen LogP contribution is 2.27. The molecule has 0 amide bonds. The molecule has 2 heterocycles. The van der Waals surface area contributed by atoms with Crippen molar-refractivity contribution in [2.45, 2.75) is 46.3 Å². The molecule has 0 unspecified atom stereocenters. The number of ether oxygens (including phenoxy) is 3. The van der Waals surface area contributed by atoms with Crippen molar-refractivity contribution in [1.82, 2.24) is 9.88 Å². The minimum atomic E-state index is -0.497. The predicted octanol–water partition coefficient (Wildman–Crippen LogP) is 4.24. The zero-order valence-corrected chi connectivity index (χ0v) is 21.7. The molecule has 0 N–H and O–H groups in total. The van der Waals surface area contributed by atoms with Gasteiger partial charge in [0.2, 0.25) is 0 Å². The van der Waals surface area contributed by atoms with Crippen LogP contribution in [-0.4, -0.2) is 67.5 Å². The Morgan fingerprint density at radius 2 is 2.09 bits per heavy atom. The normalized spacial score (nSPS) is 14.3. The fourth-order valence-electron chi connectivity index (χ4n) is 3.72. The van der Waals surface area contributed by atoms with Gasteiger partial charge in [0.05, 0.1) is 32.1 Å². The molecular formula is C26H37N3O4S. The SMILES string of the molecule is C=CCN(CC(=O)OC(C)(C)C)Cc1cccc(OCCc2nc(N3CCOCC3)sc2C)c1. The van der Waals surface area contributed by atoms with Crippen molar-refractivity contribution in [2.75, 3.05) is 50.9 Å². The van der Waals surface area contributed by atoms with Crippen molar-refractivity contribution in [3.8, 4) is 5.75 Å². The van der Waals surface area contributed by atoms with Crippen LogP contribution in [0.25, 0.3) is 0 Å². The van der Waals surface area contributed by atoms with Gasteiger partial charge >= 0.3 is 5.97 Å². The van der Waals surface area contributed by atoms with Crippen molar-refractivity contribution in [2.24, 2.45) is 0 Å². The molecule has 7 nitrogen and oxygen atoms in total. The third-order valence-electron chi connectivity index (χ3n) is 5.24. The summed E-state index contributed by atoms with van der Waals surface area (Å²) in [5.41, 5.74) is 1.67. The van der Waals surface area contributed by atoms with Crippen LogP contribution in [0.3, 0.4) is 0 Å². The van der Waals surface area contributed by atoms with Crippen molar-refractivity contribution < 1.29 is 19.0 Å². The van der Waals surface area contributed by atoms with Crippen LogP contribution in [0, 0.1) is 6.92 Å². The monoisotopic (exact) mass is 487 g/mol. The summed E-state index contributed by atoms with van der Waals surface area (Å²) in [7, 11) is 0. The number of carbonyl (C=O) groups excluding carboxylic acids is 1. The third-order valence-corrected chi connectivity index (χ3v) is 6.31. The molecule has 0 saturated carbocycles. The molecule has 1 aliphatic rings. The van der Waals surface area contributed by atoms with E-state index in [2.05, 4.69) is 18.4 Å². The summed E-state index contributed by atoms with van der Waals surface area (Å²) < 4.78 is 17.0. The first-order valence-electron chi connectivity index (χ1n) is 11.8. The highest BCUT2D eigenvalue weighted by atomic mass is 32.1. The minimum Gasteiger partial charge on any atom is -0.493 e. The maximum atomic E-state index is 12.3. The van der Waals surface area contributed by atoms with Crippen molar-refractivity contribution in [3.05, 3.63) is 53.1 Å². The summed E-state index contributed by atoms with van der Waals surface area (Å²) >= 11 is 1.74. The molecule has 1 saturated heterocycles. The minimum absolute atomic E-state index is 0.211. The lowest BCUT2D eigenvalue weighted by Crippen LogP contribution is -2.36. The fourth-order valence-corrected chi connectivity index (χ4v) is 4.72. The van der Waals surface area contributed by atoms with Crippen molar-refractivity contribution in [1.29, 1.82) is 0 Å². The average molecular weight is 488 g/mol. The molecule has 0 bridgehead atoms. The van der Waals surface area contributed by atoms with Gasteiger partial charge in [0, 0.05) is 37.5 Å². The van der Waals surface area contributed by atoms with Gasteiger partial charge in [-0.25, -0.2) is 4.98 Å². The number of aromatic nitrogens is 1. The zero-order valence-electron chi connectivity index (χ0n) is 20.8. The molecule has 0 atom stereocenters. The van der Waals surface area contributed by atoms with E-state index in [1.807, 2.05) is 49.9 Å². The zero-order chi connectivity index (χ0) is 24.6. The van der Waals surface area contributed by atoms with Gasteiger partial charge in [0.15, 0.2) is 5.13 Å². The number of morpholine rings is 1. The Balaban J connectivity index is 1.53. The van der Waals surface area contributed by atoms with Crippen LogP contribution in [0.1, 0.15) is 36.9 Å². The number of benzene rings is 1. The van der Waals surface area contributed by atoms with E-state index in [0.717, 1.165) is 54.9 Å². The molecule has 0 aliphatic carbocycles. The summed E-state index contributed by atoms with van der Waals surface area (Å²) in [6.45, 7) is 16.8. The Bertz CT molecular complexity index is 948. The molecule has 186 valence electrons. The molecule has 1 aromatic heterocycles. The second-order valence-corrected chi connectivity index (χ2v) is 10.6.